The minimum atomic E-state index is 0.532. The van der Waals surface area contributed by atoms with Crippen LogP contribution in [0.15, 0.2) is 96.0 Å². The van der Waals surface area contributed by atoms with Crippen molar-refractivity contribution in [2.24, 2.45) is 0 Å². The van der Waals surface area contributed by atoms with Crippen LogP contribution in [-0.4, -0.2) is 22.8 Å². The molecule has 0 atom stereocenters. The van der Waals surface area contributed by atoms with Gasteiger partial charge in [0, 0.05) is 33.4 Å². The van der Waals surface area contributed by atoms with Crippen LogP contribution in [0.4, 0.5) is 11.5 Å². The highest BCUT2D eigenvalue weighted by Crippen LogP contribution is 2.34. The highest BCUT2D eigenvalue weighted by atomic mass is 32.2. The molecular formula is C30H28N4OS2. The van der Waals surface area contributed by atoms with Crippen molar-refractivity contribution in [2.75, 3.05) is 23.3 Å². The summed E-state index contributed by atoms with van der Waals surface area (Å²) < 4.78 is 8.91. The van der Waals surface area contributed by atoms with Crippen LogP contribution < -0.4 is 15.2 Å². The summed E-state index contributed by atoms with van der Waals surface area (Å²) in [4.78, 5) is 10.5. The summed E-state index contributed by atoms with van der Waals surface area (Å²) in [7, 11) is 1.64. The second kappa shape index (κ2) is 11.6. The standard InChI is InChI=1S/C30H28N4OS2/c1-3-36-25-12-9-21(10-13-25)26-16-23-15-22(11-14-27(23)33-29(26)31)24-17-28(30(35-2)32-18-24)34-37-19-20-7-5-4-6-8-20/h4-18,34H,3,19H2,1-2H3,(H2,31,33). The first-order valence-electron chi connectivity index (χ1n) is 12.0. The number of methoxy groups -OCH3 is 1. The Bertz CT molecular complexity index is 1510. The smallest absolute Gasteiger partial charge is 0.237 e. The average Bonchev–Trinajstić information content (AvgIpc) is 2.94. The molecule has 5 nitrogen and oxygen atoms in total. The lowest BCUT2D eigenvalue weighted by Gasteiger charge is -2.13. The number of nitrogen functional groups attached to an aromatic ring is 1. The van der Waals surface area contributed by atoms with Crippen LogP contribution in [0.5, 0.6) is 5.88 Å². The van der Waals surface area contributed by atoms with Gasteiger partial charge in [0.15, 0.2) is 0 Å². The molecule has 0 saturated carbocycles. The molecule has 0 aliphatic rings. The summed E-state index contributed by atoms with van der Waals surface area (Å²) in [5.74, 6) is 2.97. The van der Waals surface area contributed by atoms with Crippen molar-refractivity contribution in [1.29, 1.82) is 0 Å². The highest BCUT2D eigenvalue weighted by Gasteiger charge is 2.11. The topological polar surface area (TPSA) is 73.1 Å². The van der Waals surface area contributed by atoms with Gasteiger partial charge in [-0.1, -0.05) is 55.5 Å². The van der Waals surface area contributed by atoms with Gasteiger partial charge in [0.05, 0.1) is 12.6 Å². The van der Waals surface area contributed by atoms with E-state index in [2.05, 4.69) is 82.3 Å². The van der Waals surface area contributed by atoms with Gasteiger partial charge in [-0.3, -0.25) is 0 Å². The van der Waals surface area contributed by atoms with Gasteiger partial charge in [-0.05, 0) is 70.8 Å². The number of rotatable bonds is 9. The number of anilines is 2. The maximum absolute atomic E-state index is 6.35. The molecule has 37 heavy (non-hydrogen) atoms. The molecule has 3 N–H and O–H groups in total. The Hall–Kier alpha value is -3.68. The number of aromatic nitrogens is 2. The zero-order valence-electron chi connectivity index (χ0n) is 20.8. The SMILES string of the molecule is CCSc1ccc(-c2cc3cc(-c4cnc(OC)c(NSCc5ccccc5)c4)ccc3nc2N)cc1. The molecular weight excluding hydrogens is 496 g/mol. The molecule has 0 aliphatic carbocycles. The molecule has 186 valence electrons. The van der Waals surface area contributed by atoms with Crippen LogP contribution in [-0.2, 0) is 5.75 Å². The predicted molar refractivity (Wildman–Crippen MR) is 159 cm³/mol. The zero-order chi connectivity index (χ0) is 25.6. The van der Waals surface area contributed by atoms with Gasteiger partial charge < -0.3 is 15.2 Å². The molecule has 7 heteroatoms. The number of hydrogen-bond acceptors (Lipinski definition) is 7. The van der Waals surface area contributed by atoms with E-state index in [1.807, 2.05) is 42.2 Å². The van der Waals surface area contributed by atoms with E-state index in [4.69, 9.17) is 10.5 Å². The molecule has 0 amide bonds. The molecule has 0 unspecified atom stereocenters. The lowest BCUT2D eigenvalue weighted by molar-refractivity contribution is 0.400. The number of benzene rings is 3. The third-order valence-electron chi connectivity index (χ3n) is 5.96. The van der Waals surface area contributed by atoms with E-state index in [0.29, 0.717) is 11.7 Å². The van der Waals surface area contributed by atoms with E-state index in [1.54, 1.807) is 19.1 Å². The lowest BCUT2D eigenvalue weighted by atomic mass is 10.0. The van der Waals surface area contributed by atoms with E-state index >= 15 is 0 Å². The second-order valence-electron chi connectivity index (χ2n) is 8.44. The number of thioether (sulfide) groups is 1. The van der Waals surface area contributed by atoms with Crippen LogP contribution in [0.2, 0.25) is 0 Å². The highest BCUT2D eigenvalue weighted by molar-refractivity contribution is 7.99. The Morgan fingerprint density at radius 3 is 2.43 bits per heavy atom. The first-order valence-corrected chi connectivity index (χ1v) is 14.0. The monoisotopic (exact) mass is 524 g/mol. The quantitative estimate of drug-likeness (QED) is 0.150. The first kappa shape index (κ1) is 25.0. The molecule has 0 radical (unpaired) electrons. The summed E-state index contributed by atoms with van der Waals surface area (Å²) in [6.45, 7) is 2.16. The third-order valence-corrected chi connectivity index (χ3v) is 7.70. The molecule has 0 aliphatic heterocycles. The van der Waals surface area contributed by atoms with Crippen LogP contribution in [0.1, 0.15) is 12.5 Å². The number of hydrogen-bond donors (Lipinski definition) is 2. The molecule has 0 bridgehead atoms. The fourth-order valence-electron chi connectivity index (χ4n) is 4.12. The maximum Gasteiger partial charge on any atom is 0.237 e. The van der Waals surface area contributed by atoms with E-state index < -0.39 is 0 Å². The van der Waals surface area contributed by atoms with Crippen molar-refractivity contribution in [3.05, 3.63) is 96.7 Å². The largest absolute Gasteiger partial charge is 0.480 e. The van der Waals surface area contributed by atoms with E-state index in [9.17, 15) is 0 Å². The Kier molecular flexibility index (Phi) is 7.82. The van der Waals surface area contributed by atoms with Crippen LogP contribution in [0.3, 0.4) is 0 Å². The molecule has 2 heterocycles. The minimum absolute atomic E-state index is 0.532. The van der Waals surface area contributed by atoms with Crippen molar-refractivity contribution in [3.8, 4) is 28.1 Å². The van der Waals surface area contributed by atoms with E-state index in [0.717, 1.165) is 50.3 Å². The van der Waals surface area contributed by atoms with Crippen LogP contribution in [0, 0.1) is 0 Å². The van der Waals surface area contributed by atoms with Crippen molar-refractivity contribution in [3.63, 3.8) is 0 Å². The van der Waals surface area contributed by atoms with Crippen LogP contribution in [0.25, 0.3) is 33.2 Å². The van der Waals surface area contributed by atoms with Gasteiger partial charge in [0.1, 0.15) is 11.5 Å². The van der Waals surface area contributed by atoms with Crippen molar-refractivity contribution in [2.45, 2.75) is 17.6 Å². The average molecular weight is 525 g/mol. The molecule has 0 fully saturated rings. The lowest BCUT2D eigenvalue weighted by Crippen LogP contribution is -1.97. The second-order valence-corrected chi connectivity index (χ2v) is 10.6. The summed E-state index contributed by atoms with van der Waals surface area (Å²) in [5.41, 5.74) is 13.3. The molecule has 2 aromatic heterocycles. The van der Waals surface area contributed by atoms with Crippen LogP contribution >= 0.6 is 23.7 Å². The molecule has 5 rings (SSSR count). The minimum Gasteiger partial charge on any atom is -0.480 e. The third kappa shape index (κ3) is 5.84. The molecule has 0 spiro atoms. The summed E-state index contributed by atoms with van der Waals surface area (Å²) in [6, 6.07) is 29.2. The fourth-order valence-corrected chi connectivity index (χ4v) is 5.51. The fraction of sp³-hybridized carbons (Fsp3) is 0.133. The Labute approximate surface area is 226 Å². The summed E-state index contributed by atoms with van der Waals surface area (Å²) in [5, 5.41) is 1.03. The number of nitrogens with two attached hydrogens (primary N) is 1. The number of fused-ring (bicyclic) bond motifs is 1. The Morgan fingerprint density at radius 2 is 1.68 bits per heavy atom. The normalized spacial score (nSPS) is 11.0. The van der Waals surface area contributed by atoms with Gasteiger partial charge in [-0.25, -0.2) is 9.97 Å². The van der Waals surface area contributed by atoms with Crippen molar-refractivity contribution < 1.29 is 4.74 Å². The van der Waals surface area contributed by atoms with Gasteiger partial charge in [-0.15, -0.1) is 11.8 Å². The Morgan fingerprint density at radius 1 is 0.892 bits per heavy atom. The summed E-state index contributed by atoms with van der Waals surface area (Å²) in [6.07, 6.45) is 1.84. The predicted octanol–water partition coefficient (Wildman–Crippen LogP) is 7.93. The van der Waals surface area contributed by atoms with Crippen molar-refractivity contribution in [1.82, 2.24) is 9.97 Å². The molecule has 3 aromatic carbocycles. The Balaban J connectivity index is 1.43. The zero-order valence-corrected chi connectivity index (χ0v) is 22.4. The van der Waals surface area contributed by atoms with Gasteiger partial charge in [0.25, 0.3) is 0 Å². The number of pyridine rings is 2. The van der Waals surface area contributed by atoms with Gasteiger partial charge in [0.2, 0.25) is 5.88 Å². The van der Waals surface area contributed by atoms with Gasteiger partial charge in [-0.2, -0.15) is 0 Å². The summed E-state index contributed by atoms with van der Waals surface area (Å²) >= 11 is 3.43. The first-order chi connectivity index (χ1) is 18.1. The van der Waals surface area contributed by atoms with Gasteiger partial charge >= 0.3 is 0 Å². The number of ether oxygens (including phenoxy) is 1. The number of nitrogens with one attached hydrogen (secondary N) is 1. The maximum atomic E-state index is 6.35. The molecule has 0 saturated heterocycles. The van der Waals surface area contributed by atoms with Crippen molar-refractivity contribution >= 4 is 46.1 Å². The van der Waals surface area contributed by atoms with E-state index in [1.165, 1.54) is 10.5 Å². The molecule has 5 aromatic rings. The number of nitrogens with zero attached hydrogens (tertiary/aromatic N) is 2. The van der Waals surface area contributed by atoms with E-state index in [-0.39, 0.29) is 0 Å².